The average Bonchev–Trinajstić information content (AvgIpc) is 2.93. The summed E-state index contributed by atoms with van der Waals surface area (Å²) in [7, 11) is 1.68. The Morgan fingerprint density at radius 3 is 2.48 bits per heavy atom. The van der Waals surface area contributed by atoms with Crippen LogP contribution in [0.3, 0.4) is 0 Å². The quantitative estimate of drug-likeness (QED) is 0.852. The fourth-order valence-electron chi connectivity index (χ4n) is 4.78. The number of benzene rings is 2. The number of aliphatic hydroxyl groups is 1. The normalized spacial score (nSPS) is 28.0. The molecule has 0 saturated carbocycles. The Balaban J connectivity index is 1.47. The van der Waals surface area contributed by atoms with Crippen molar-refractivity contribution in [3.8, 4) is 5.75 Å². The summed E-state index contributed by atoms with van der Waals surface area (Å²) < 4.78 is 19.7. The smallest absolute Gasteiger partial charge is 0.129 e. The molecule has 2 aliphatic rings. The lowest BCUT2D eigenvalue weighted by Gasteiger charge is -2.43. The molecule has 3 atom stereocenters. The van der Waals surface area contributed by atoms with Gasteiger partial charge >= 0.3 is 0 Å². The third-order valence-corrected chi connectivity index (χ3v) is 6.05. The summed E-state index contributed by atoms with van der Waals surface area (Å²) in [6.45, 7) is 0.834. The Hall–Kier alpha value is -2.17. The van der Waals surface area contributed by atoms with Gasteiger partial charge in [-0.25, -0.2) is 4.39 Å². The fourth-order valence-corrected chi connectivity index (χ4v) is 4.78. The van der Waals surface area contributed by atoms with Gasteiger partial charge in [-0.2, -0.15) is 0 Å². The molecule has 2 aromatic rings. The van der Waals surface area contributed by atoms with Crippen LogP contribution in [0.2, 0.25) is 0 Å². The molecule has 2 fully saturated rings. The van der Waals surface area contributed by atoms with Crippen LogP contribution >= 0.6 is 0 Å². The van der Waals surface area contributed by atoms with Crippen LogP contribution in [0.4, 0.5) is 4.39 Å². The summed E-state index contributed by atoms with van der Waals surface area (Å²) in [6, 6.07) is 15.2. The number of ether oxygens (including phenoxy) is 1. The standard InChI is InChI=1S/C23H26FNO2/c1-27-22-11-5-2-7-17(22)8-6-14-25-18-12-13-19(25)16-23(26,15-18)20-9-3-4-10-21(20)24/h2-11,18-19,26H,12-16H2,1H3/b8-6+/t18-,19+,23?. The van der Waals surface area contributed by atoms with Gasteiger partial charge in [-0.05, 0) is 37.8 Å². The Labute approximate surface area is 160 Å². The first-order valence-corrected chi connectivity index (χ1v) is 9.63. The molecule has 2 aliphatic heterocycles. The monoisotopic (exact) mass is 367 g/mol. The second kappa shape index (κ2) is 7.45. The van der Waals surface area contributed by atoms with Gasteiger partial charge in [-0.3, -0.25) is 4.90 Å². The van der Waals surface area contributed by atoms with Crippen molar-refractivity contribution in [2.75, 3.05) is 13.7 Å². The predicted molar refractivity (Wildman–Crippen MR) is 105 cm³/mol. The molecule has 4 rings (SSSR count). The minimum Gasteiger partial charge on any atom is -0.496 e. The summed E-state index contributed by atoms with van der Waals surface area (Å²) in [4.78, 5) is 2.46. The van der Waals surface area contributed by atoms with Gasteiger partial charge in [0.05, 0.1) is 12.7 Å². The second-order valence-corrected chi connectivity index (χ2v) is 7.65. The highest BCUT2D eigenvalue weighted by Gasteiger charge is 2.48. The van der Waals surface area contributed by atoms with E-state index in [0.29, 0.717) is 18.4 Å². The largest absolute Gasteiger partial charge is 0.496 e. The van der Waals surface area contributed by atoms with E-state index < -0.39 is 5.60 Å². The summed E-state index contributed by atoms with van der Waals surface area (Å²) in [5.41, 5.74) is 0.457. The number of hydrogen-bond donors (Lipinski definition) is 1. The molecule has 1 unspecified atom stereocenters. The molecule has 2 saturated heterocycles. The zero-order chi connectivity index (χ0) is 18.9. The molecule has 142 valence electrons. The van der Waals surface area contributed by atoms with Gasteiger partial charge in [0.2, 0.25) is 0 Å². The van der Waals surface area contributed by atoms with Crippen molar-refractivity contribution in [3.63, 3.8) is 0 Å². The number of hydrogen-bond acceptors (Lipinski definition) is 3. The summed E-state index contributed by atoms with van der Waals surface area (Å²) >= 11 is 0. The number of nitrogens with zero attached hydrogens (tertiary/aromatic N) is 1. The van der Waals surface area contributed by atoms with E-state index in [1.165, 1.54) is 6.07 Å². The van der Waals surface area contributed by atoms with Crippen LogP contribution in [-0.2, 0) is 5.60 Å². The highest BCUT2D eigenvalue weighted by atomic mass is 19.1. The summed E-state index contributed by atoms with van der Waals surface area (Å²) in [6.07, 6.45) is 7.56. The number of methoxy groups -OCH3 is 1. The second-order valence-electron chi connectivity index (χ2n) is 7.65. The van der Waals surface area contributed by atoms with Gasteiger partial charge in [0.15, 0.2) is 0 Å². The van der Waals surface area contributed by atoms with Crippen molar-refractivity contribution < 1.29 is 14.2 Å². The molecule has 0 aromatic heterocycles. The highest BCUT2D eigenvalue weighted by molar-refractivity contribution is 5.57. The summed E-state index contributed by atoms with van der Waals surface area (Å²) in [5, 5.41) is 11.2. The van der Waals surface area contributed by atoms with Crippen LogP contribution < -0.4 is 4.74 Å². The molecule has 0 aliphatic carbocycles. The lowest BCUT2D eigenvalue weighted by atomic mass is 9.80. The molecule has 0 radical (unpaired) electrons. The molecule has 2 heterocycles. The van der Waals surface area contributed by atoms with Crippen LogP contribution in [0.15, 0.2) is 54.6 Å². The van der Waals surface area contributed by atoms with Gasteiger partial charge in [0.1, 0.15) is 11.6 Å². The molecule has 1 N–H and O–H groups in total. The average molecular weight is 367 g/mol. The lowest BCUT2D eigenvalue weighted by molar-refractivity contribution is -0.0557. The minimum atomic E-state index is -1.06. The van der Waals surface area contributed by atoms with Crippen molar-refractivity contribution in [2.45, 2.75) is 43.4 Å². The van der Waals surface area contributed by atoms with E-state index in [1.54, 1.807) is 25.3 Å². The predicted octanol–water partition coefficient (Wildman–Crippen LogP) is 4.36. The van der Waals surface area contributed by atoms with Crippen LogP contribution in [0, 0.1) is 5.82 Å². The van der Waals surface area contributed by atoms with Gasteiger partial charge in [-0.1, -0.05) is 48.6 Å². The van der Waals surface area contributed by atoms with Crippen LogP contribution in [-0.4, -0.2) is 35.7 Å². The van der Waals surface area contributed by atoms with E-state index >= 15 is 0 Å². The minimum absolute atomic E-state index is 0.288. The third kappa shape index (κ3) is 3.52. The van der Waals surface area contributed by atoms with E-state index in [2.05, 4.69) is 17.1 Å². The zero-order valence-corrected chi connectivity index (χ0v) is 15.6. The first kappa shape index (κ1) is 18.2. The molecule has 4 heteroatoms. The number of rotatable bonds is 5. The van der Waals surface area contributed by atoms with Crippen LogP contribution in [0.5, 0.6) is 5.75 Å². The van der Waals surface area contributed by atoms with Crippen molar-refractivity contribution in [3.05, 3.63) is 71.6 Å². The molecule has 27 heavy (non-hydrogen) atoms. The van der Waals surface area contributed by atoms with Crippen LogP contribution in [0.25, 0.3) is 6.08 Å². The first-order valence-electron chi connectivity index (χ1n) is 9.63. The topological polar surface area (TPSA) is 32.7 Å². The van der Waals surface area contributed by atoms with Crippen molar-refractivity contribution >= 4 is 6.08 Å². The fraction of sp³-hybridized carbons (Fsp3) is 0.391. The van der Waals surface area contributed by atoms with Gasteiger partial charge < -0.3 is 9.84 Å². The molecule has 0 amide bonds. The van der Waals surface area contributed by atoms with Crippen LogP contribution in [0.1, 0.15) is 36.8 Å². The van der Waals surface area contributed by atoms with Crippen molar-refractivity contribution in [1.29, 1.82) is 0 Å². The Kier molecular flexibility index (Phi) is 5.02. The zero-order valence-electron chi connectivity index (χ0n) is 15.6. The van der Waals surface area contributed by atoms with Crippen molar-refractivity contribution in [1.82, 2.24) is 4.90 Å². The van der Waals surface area contributed by atoms with Gasteiger partial charge in [-0.15, -0.1) is 0 Å². The number of piperidine rings is 1. The third-order valence-electron chi connectivity index (χ3n) is 6.05. The highest BCUT2D eigenvalue weighted by Crippen LogP contribution is 2.46. The number of fused-ring (bicyclic) bond motifs is 2. The van der Waals surface area contributed by atoms with Crippen molar-refractivity contribution in [2.24, 2.45) is 0 Å². The lowest BCUT2D eigenvalue weighted by Crippen LogP contribution is -2.49. The van der Waals surface area contributed by atoms with E-state index in [9.17, 15) is 9.50 Å². The molecule has 3 nitrogen and oxygen atoms in total. The van der Waals surface area contributed by atoms with E-state index in [0.717, 1.165) is 30.7 Å². The molecule has 0 spiro atoms. The Bertz CT molecular complexity index is 821. The SMILES string of the molecule is COc1ccccc1/C=C/CN1[C@@H]2CC[C@H]1CC(O)(c1ccccc1F)C2. The van der Waals surface area contributed by atoms with E-state index in [-0.39, 0.29) is 17.9 Å². The molecular weight excluding hydrogens is 341 g/mol. The Morgan fingerprint density at radius 1 is 1.11 bits per heavy atom. The maximum Gasteiger partial charge on any atom is 0.129 e. The maximum atomic E-state index is 14.3. The molecular formula is C23H26FNO2. The van der Waals surface area contributed by atoms with E-state index in [4.69, 9.17) is 4.74 Å². The molecule has 2 aromatic carbocycles. The Morgan fingerprint density at radius 2 is 1.78 bits per heavy atom. The van der Waals surface area contributed by atoms with Gasteiger partial charge in [0, 0.05) is 29.8 Å². The maximum absolute atomic E-state index is 14.3. The number of halogens is 1. The first-order chi connectivity index (χ1) is 13.1. The van der Waals surface area contributed by atoms with E-state index in [1.807, 2.05) is 24.3 Å². The van der Waals surface area contributed by atoms with Gasteiger partial charge in [0.25, 0.3) is 0 Å². The summed E-state index contributed by atoms with van der Waals surface area (Å²) in [5.74, 6) is 0.563. The molecule has 2 bridgehead atoms. The number of para-hydroxylation sites is 1.